The van der Waals surface area contributed by atoms with E-state index in [0.29, 0.717) is 13.0 Å². The molecule has 1 aromatic heterocycles. The lowest BCUT2D eigenvalue weighted by molar-refractivity contribution is 0.0515. The van der Waals surface area contributed by atoms with Crippen molar-refractivity contribution in [3.8, 4) is 0 Å². The fourth-order valence-electron chi connectivity index (χ4n) is 1.77. The van der Waals surface area contributed by atoms with Crippen LogP contribution in [0.1, 0.15) is 18.9 Å². The van der Waals surface area contributed by atoms with Crippen LogP contribution in [-0.4, -0.2) is 21.6 Å². The number of aliphatic hydroxyl groups is 1. The number of anilines is 1. The van der Waals surface area contributed by atoms with Crippen molar-refractivity contribution < 1.29 is 5.11 Å². The zero-order valence-electron chi connectivity index (χ0n) is 10.4. The van der Waals surface area contributed by atoms with Crippen LogP contribution in [-0.2, 0) is 5.60 Å². The molecule has 2 N–H and O–H groups in total. The van der Waals surface area contributed by atoms with Crippen LogP contribution in [0.3, 0.4) is 0 Å². The fourth-order valence-corrected chi connectivity index (χ4v) is 1.77. The minimum absolute atomic E-state index is 0.605. The zero-order chi connectivity index (χ0) is 12.8. The lowest BCUT2D eigenvalue weighted by Crippen LogP contribution is -2.24. The van der Waals surface area contributed by atoms with Crippen LogP contribution in [0.4, 0.5) is 5.82 Å². The van der Waals surface area contributed by atoms with Gasteiger partial charge in [-0.25, -0.2) is 4.98 Å². The number of hydrogen-bond donors (Lipinski definition) is 2. The molecule has 18 heavy (non-hydrogen) atoms. The molecule has 4 heteroatoms. The molecule has 0 amide bonds. The van der Waals surface area contributed by atoms with Crippen LogP contribution in [0.25, 0.3) is 0 Å². The second-order valence-corrected chi connectivity index (χ2v) is 4.41. The van der Waals surface area contributed by atoms with Gasteiger partial charge in [-0.1, -0.05) is 30.3 Å². The highest BCUT2D eigenvalue weighted by Crippen LogP contribution is 2.23. The van der Waals surface area contributed by atoms with E-state index < -0.39 is 5.60 Å². The van der Waals surface area contributed by atoms with E-state index >= 15 is 0 Å². The van der Waals surface area contributed by atoms with E-state index in [-0.39, 0.29) is 0 Å². The van der Waals surface area contributed by atoms with Gasteiger partial charge in [-0.15, -0.1) is 0 Å². The van der Waals surface area contributed by atoms with Crippen molar-refractivity contribution in [3.05, 3.63) is 54.5 Å². The van der Waals surface area contributed by atoms with Crippen LogP contribution in [0.2, 0.25) is 0 Å². The Bertz CT molecular complexity index is 471. The first-order valence-corrected chi connectivity index (χ1v) is 5.96. The van der Waals surface area contributed by atoms with Gasteiger partial charge in [-0.2, -0.15) is 0 Å². The van der Waals surface area contributed by atoms with Crippen molar-refractivity contribution in [2.24, 2.45) is 0 Å². The Labute approximate surface area is 107 Å². The smallest absolute Gasteiger partial charge is 0.144 e. The van der Waals surface area contributed by atoms with Gasteiger partial charge >= 0.3 is 0 Å². The Morgan fingerprint density at radius 3 is 2.67 bits per heavy atom. The predicted molar refractivity (Wildman–Crippen MR) is 71.2 cm³/mol. The van der Waals surface area contributed by atoms with Gasteiger partial charge < -0.3 is 10.4 Å². The molecule has 1 heterocycles. The number of rotatable bonds is 5. The van der Waals surface area contributed by atoms with E-state index in [9.17, 15) is 5.11 Å². The van der Waals surface area contributed by atoms with Gasteiger partial charge in [-0.3, -0.25) is 4.98 Å². The van der Waals surface area contributed by atoms with Gasteiger partial charge in [0.15, 0.2) is 0 Å². The molecule has 0 saturated carbocycles. The SMILES string of the molecule is CC(O)(CCNc1cnccn1)c1ccccc1. The highest BCUT2D eigenvalue weighted by atomic mass is 16.3. The highest BCUT2D eigenvalue weighted by Gasteiger charge is 2.21. The summed E-state index contributed by atoms with van der Waals surface area (Å²) < 4.78 is 0. The molecule has 94 valence electrons. The second-order valence-electron chi connectivity index (χ2n) is 4.41. The molecule has 1 atom stereocenters. The van der Waals surface area contributed by atoms with Crippen LogP contribution in [0.15, 0.2) is 48.9 Å². The first-order chi connectivity index (χ1) is 8.68. The minimum atomic E-state index is -0.837. The molecule has 2 aromatic rings. The lowest BCUT2D eigenvalue weighted by Gasteiger charge is -2.24. The molecule has 0 aliphatic heterocycles. The van der Waals surface area contributed by atoms with E-state index in [2.05, 4.69) is 15.3 Å². The Morgan fingerprint density at radius 2 is 2.00 bits per heavy atom. The Kier molecular flexibility index (Phi) is 3.89. The summed E-state index contributed by atoms with van der Waals surface area (Å²) >= 11 is 0. The molecule has 0 aliphatic carbocycles. The fraction of sp³-hybridized carbons (Fsp3) is 0.286. The van der Waals surface area contributed by atoms with E-state index in [1.165, 1.54) is 0 Å². The molecular formula is C14H17N3O. The molecule has 4 nitrogen and oxygen atoms in total. The number of hydrogen-bond acceptors (Lipinski definition) is 4. The van der Waals surface area contributed by atoms with Gasteiger partial charge in [-0.05, 0) is 18.9 Å². The molecule has 0 spiro atoms. The number of aromatic nitrogens is 2. The lowest BCUT2D eigenvalue weighted by atomic mass is 9.93. The summed E-state index contributed by atoms with van der Waals surface area (Å²) in [6.45, 7) is 2.46. The Morgan fingerprint density at radius 1 is 1.22 bits per heavy atom. The van der Waals surface area contributed by atoms with Crippen molar-refractivity contribution in [1.29, 1.82) is 0 Å². The Balaban J connectivity index is 1.90. The first kappa shape index (κ1) is 12.5. The summed E-state index contributed by atoms with van der Waals surface area (Å²) in [5, 5.41) is 13.5. The number of nitrogens with one attached hydrogen (secondary N) is 1. The number of benzene rings is 1. The molecule has 0 fully saturated rings. The van der Waals surface area contributed by atoms with Gasteiger partial charge in [0.05, 0.1) is 11.8 Å². The minimum Gasteiger partial charge on any atom is -0.385 e. The van der Waals surface area contributed by atoms with E-state index in [4.69, 9.17) is 0 Å². The van der Waals surface area contributed by atoms with Crippen LogP contribution in [0, 0.1) is 0 Å². The van der Waals surface area contributed by atoms with Crippen molar-refractivity contribution in [3.63, 3.8) is 0 Å². The average Bonchev–Trinajstić information content (AvgIpc) is 2.41. The van der Waals surface area contributed by atoms with Crippen molar-refractivity contribution >= 4 is 5.82 Å². The first-order valence-electron chi connectivity index (χ1n) is 5.96. The topological polar surface area (TPSA) is 58.0 Å². The van der Waals surface area contributed by atoms with Gasteiger partial charge in [0.2, 0.25) is 0 Å². The monoisotopic (exact) mass is 243 g/mol. The van der Waals surface area contributed by atoms with E-state index in [1.54, 1.807) is 18.6 Å². The summed E-state index contributed by atoms with van der Waals surface area (Å²) in [6, 6.07) is 9.67. The Hall–Kier alpha value is -1.94. The number of nitrogens with zero attached hydrogens (tertiary/aromatic N) is 2. The van der Waals surface area contributed by atoms with Crippen molar-refractivity contribution in [2.75, 3.05) is 11.9 Å². The summed E-state index contributed by atoms with van der Waals surface area (Å²) in [7, 11) is 0. The molecule has 2 rings (SSSR count). The summed E-state index contributed by atoms with van der Waals surface area (Å²) in [6.07, 6.45) is 5.54. The maximum absolute atomic E-state index is 10.4. The molecule has 0 bridgehead atoms. The normalized spacial score (nSPS) is 13.9. The van der Waals surface area contributed by atoms with Gasteiger partial charge in [0.25, 0.3) is 0 Å². The third-order valence-corrected chi connectivity index (χ3v) is 2.88. The highest BCUT2D eigenvalue weighted by molar-refractivity contribution is 5.30. The van der Waals surface area contributed by atoms with E-state index in [1.807, 2.05) is 37.3 Å². The standard InChI is InChI=1S/C14H17N3O/c1-14(18,12-5-3-2-4-6-12)7-8-16-13-11-15-9-10-17-13/h2-6,9-11,18H,7-8H2,1H3,(H,16,17). The largest absolute Gasteiger partial charge is 0.385 e. The average molecular weight is 243 g/mol. The molecule has 1 unspecified atom stereocenters. The maximum Gasteiger partial charge on any atom is 0.144 e. The quantitative estimate of drug-likeness (QED) is 0.845. The summed E-state index contributed by atoms with van der Waals surface area (Å²) in [5.41, 5.74) is 0.0853. The third-order valence-electron chi connectivity index (χ3n) is 2.88. The van der Waals surface area contributed by atoms with Crippen LogP contribution >= 0.6 is 0 Å². The summed E-state index contributed by atoms with van der Waals surface area (Å²) in [5.74, 6) is 0.723. The summed E-state index contributed by atoms with van der Waals surface area (Å²) in [4.78, 5) is 8.09. The molecular weight excluding hydrogens is 226 g/mol. The molecule has 0 saturated heterocycles. The van der Waals surface area contributed by atoms with Crippen molar-refractivity contribution in [2.45, 2.75) is 18.9 Å². The van der Waals surface area contributed by atoms with E-state index in [0.717, 1.165) is 11.4 Å². The zero-order valence-corrected chi connectivity index (χ0v) is 10.4. The molecule has 1 aromatic carbocycles. The third kappa shape index (κ3) is 3.28. The van der Waals surface area contributed by atoms with Crippen LogP contribution < -0.4 is 5.32 Å². The van der Waals surface area contributed by atoms with Crippen molar-refractivity contribution in [1.82, 2.24) is 9.97 Å². The maximum atomic E-state index is 10.4. The molecule has 0 radical (unpaired) electrons. The predicted octanol–water partition coefficient (Wildman–Crippen LogP) is 2.19. The van der Waals surface area contributed by atoms with Gasteiger partial charge in [0, 0.05) is 18.9 Å². The molecule has 0 aliphatic rings. The second kappa shape index (κ2) is 5.60. The van der Waals surface area contributed by atoms with Crippen LogP contribution in [0.5, 0.6) is 0 Å². The van der Waals surface area contributed by atoms with Gasteiger partial charge in [0.1, 0.15) is 5.82 Å².